The molecule has 0 amide bonds. The van der Waals surface area contributed by atoms with Gasteiger partial charge in [0.25, 0.3) is 0 Å². The average Bonchev–Trinajstić information content (AvgIpc) is 3.04. The third kappa shape index (κ3) is 2.67. The van der Waals surface area contributed by atoms with Crippen LogP contribution in [0, 0.1) is 5.92 Å². The molecule has 2 heterocycles. The fourth-order valence-electron chi connectivity index (χ4n) is 2.62. The van der Waals surface area contributed by atoms with Crippen LogP contribution in [0.25, 0.3) is 0 Å². The van der Waals surface area contributed by atoms with Crippen LogP contribution in [-0.4, -0.2) is 34.9 Å². The third-order valence-corrected chi connectivity index (χ3v) is 4.71. The van der Waals surface area contributed by atoms with Gasteiger partial charge in [-0.1, -0.05) is 6.92 Å². The van der Waals surface area contributed by atoms with E-state index in [2.05, 4.69) is 40.7 Å². The highest BCUT2D eigenvalue weighted by Crippen LogP contribution is 2.37. The number of hydrogen-bond acceptors (Lipinski definition) is 4. The van der Waals surface area contributed by atoms with E-state index in [9.17, 15) is 0 Å². The number of nitrogens with one attached hydrogen (secondary N) is 1. The summed E-state index contributed by atoms with van der Waals surface area (Å²) in [6.45, 7) is 6.15. The molecule has 1 fully saturated rings. The van der Waals surface area contributed by atoms with Crippen molar-refractivity contribution in [2.45, 2.75) is 32.9 Å². The predicted molar refractivity (Wildman–Crippen MR) is 76.3 cm³/mol. The Morgan fingerprint density at radius 2 is 2.44 bits per heavy atom. The molecule has 0 radical (unpaired) electrons. The van der Waals surface area contributed by atoms with Gasteiger partial charge in [0, 0.05) is 6.54 Å². The zero-order valence-electron chi connectivity index (χ0n) is 11.5. The van der Waals surface area contributed by atoms with E-state index in [1.165, 1.54) is 23.6 Å². The van der Waals surface area contributed by atoms with E-state index in [1.807, 2.05) is 6.20 Å². The van der Waals surface area contributed by atoms with Gasteiger partial charge in [-0.3, -0.25) is 4.68 Å². The molecule has 0 aromatic carbocycles. The lowest BCUT2D eigenvalue weighted by Crippen LogP contribution is -2.30. The van der Waals surface area contributed by atoms with Crippen molar-refractivity contribution in [1.29, 1.82) is 0 Å². The lowest BCUT2D eigenvalue weighted by molar-refractivity contribution is 0.347. The van der Waals surface area contributed by atoms with Crippen LogP contribution in [0.3, 0.4) is 0 Å². The van der Waals surface area contributed by atoms with Crippen molar-refractivity contribution in [2.75, 3.05) is 25.2 Å². The summed E-state index contributed by atoms with van der Waals surface area (Å²) in [5.74, 6) is 4.11. The van der Waals surface area contributed by atoms with E-state index < -0.39 is 0 Å². The molecule has 102 valence electrons. The number of aryl methyl sites for hydroxylation is 1. The van der Waals surface area contributed by atoms with E-state index in [-0.39, 0.29) is 0 Å². The van der Waals surface area contributed by atoms with Gasteiger partial charge in [0.1, 0.15) is 0 Å². The number of rotatable bonds is 6. The number of thioether (sulfide) groups is 1. The third-order valence-electron chi connectivity index (χ3n) is 3.52. The van der Waals surface area contributed by atoms with Crippen LogP contribution < -0.4 is 10.1 Å². The van der Waals surface area contributed by atoms with Crippen molar-refractivity contribution in [2.24, 2.45) is 5.92 Å². The highest BCUT2D eigenvalue weighted by atomic mass is 32.2. The van der Waals surface area contributed by atoms with E-state index in [4.69, 9.17) is 4.74 Å². The zero-order chi connectivity index (χ0) is 13.0. The maximum Gasteiger partial charge on any atom is 0.161 e. The summed E-state index contributed by atoms with van der Waals surface area (Å²) < 4.78 is 7.55. The second kappa shape index (κ2) is 6.48. The molecule has 1 aliphatic rings. The largest absolute Gasteiger partial charge is 0.493 e. The molecular weight excluding hydrogens is 246 g/mol. The first kappa shape index (κ1) is 13.7. The molecule has 0 aliphatic carbocycles. The summed E-state index contributed by atoms with van der Waals surface area (Å²) in [6.07, 6.45) is 3.12. The molecule has 0 spiro atoms. The van der Waals surface area contributed by atoms with Crippen molar-refractivity contribution in [3.05, 3.63) is 11.9 Å². The average molecular weight is 269 g/mol. The van der Waals surface area contributed by atoms with E-state index in [0.29, 0.717) is 12.0 Å². The predicted octanol–water partition coefficient (Wildman–Crippen LogP) is 2.32. The Balaban J connectivity index is 2.30. The summed E-state index contributed by atoms with van der Waals surface area (Å²) in [6, 6.07) is 0.363. The summed E-state index contributed by atoms with van der Waals surface area (Å²) in [5, 5.41) is 8.05. The number of aromatic nitrogens is 2. The minimum atomic E-state index is 0.363. The van der Waals surface area contributed by atoms with Crippen LogP contribution >= 0.6 is 11.8 Å². The first-order valence-electron chi connectivity index (χ1n) is 6.72. The maximum atomic E-state index is 5.48. The lowest BCUT2D eigenvalue weighted by Gasteiger charge is -2.25. The Labute approximate surface area is 113 Å². The monoisotopic (exact) mass is 269 g/mol. The molecule has 5 heteroatoms. The fraction of sp³-hybridized carbons (Fsp3) is 0.769. The van der Waals surface area contributed by atoms with Crippen molar-refractivity contribution in [3.63, 3.8) is 0 Å². The molecule has 2 unspecified atom stereocenters. The second-order valence-corrected chi connectivity index (χ2v) is 5.72. The van der Waals surface area contributed by atoms with Gasteiger partial charge >= 0.3 is 0 Å². The first-order valence-corrected chi connectivity index (χ1v) is 7.88. The standard InChI is InChI=1S/C13H23N3OS/c1-4-14-12(10-6-7-18-9-10)13-11(17-3)8-15-16(13)5-2/h8,10,12,14H,4-7,9H2,1-3H3. The van der Waals surface area contributed by atoms with E-state index >= 15 is 0 Å². The van der Waals surface area contributed by atoms with Gasteiger partial charge in [-0.25, -0.2) is 0 Å². The van der Waals surface area contributed by atoms with Gasteiger partial charge in [-0.05, 0) is 37.3 Å². The molecule has 1 aromatic rings. The normalized spacial score (nSPS) is 21.2. The quantitative estimate of drug-likeness (QED) is 0.860. The van der Waals surface area contributed by atoms with Crippen LogP contribution in [0.2, 0.25) is 0 Å². The summed E-state index contributed by atoms with van der Waals surface area (Å²) in [5.41, 5.74) is 1.22. The highest BCUT2D eigenvalue weighted by Gasteiger charge is 2.31. The molecule has 0 bridgehead atoms. The van der Waals surface area contributed by atoms with E-state index in [1.54, 1.807) is 7.11 Å². The van der Waals surface area contributed by atoms with Gasteiger partial charge < -0.3 is 10.1 Å². The van der Waals surface area contributed by atoms with Crippen LogP contribution in [0.5, 0.6) is 5.75 Å². The van der Waals surface area contributed by atoms with Crippen LogP contribution in [0.15, 0.2) is 6.20 Å². The minimum Gasteiger partial charge on any atom is -0.493 e. The molecule has 1 saturated heterocycles. The first-order chi connectivity index (χ1) is 8.81. The Morgan fingerprint density at radius 3 is 3.00 bits per heavy atom. The number of nitrogens with zero attached hydrogens (tertiary/aromatic N) is 2. The highest BCUT2D eigenvalue weighted by molar-refractivity contribution is 7.99. The molecular formula is C13H23N3OS. The lowest BCUT2D eigenvalue weighted by atomic mass is 9.95. The molecule has 18 heavy (non-hydrogen) atoms. The van der Waals surface area contributed by atoms with Gasteiger partial charge in [0.05, 0.1) is 25.0 Å². The molecule has 1 N–H and O–H groups in total. The topological polar surface area (TPSA) is 39.1 Å². The van der Waals surface area contributed by atoms with Gasteiger partial charge in [0.2, 0.25) is 0 Å². The SMILES string of the molecule is CCNC(c1c(OC)cnn1CC)C1CCSC1. The second-order valence-electron chi connectivity index (χ2n) is 4.57. The van der Waals surface area contributed by atoms with Gasteiger partial charge in [0.15, 0.2) is 5.75 Å². The number of hydrogen-bond donors (Lipinski definition) is 1. The number of methoxy groups -OCH3 is 1. The summed E-state index contributed by atoms with van der Waals surface area (Å²) in [7, 11) is 1.73. The van der Waals surface area contributed by atoms with Crippen molar-refractivity contribution in [3.8, 4) is 5.75 Å². The number of ether oxygens (including phenoxy) is 1. The molecule has 0 saturated carbocycles. The molecule has 1 aliphatic heterocycles. The Hall–Kier alpha value is -0.680. The summed E-state index contributed by atoms with van der Waals surface area (Å²) >= 11 is 2.05. The van der Waals surface area contributed by atoms with Crippen LogP contribution in [0.1, 0.15) is 32.0 Å². The minimum absolute atomic E-state index is 0.363. The maximum absolute atomic E-state index is 5.48. The fourth-order valence-corrected chi connectivity index (χ4v) is 3.92. The Bertz CT molecular complexity index is 353. The molecule has 1 aromatic heterocycles. The van der Waals surface area contributed by atoms with Crippen LogP contribution in [-0.2, 0) is 6.54 Å². The van der Waals surface area contributed by atoms with Crippen LogP contribution in [0.4, 0.5) is 0 Å². The molecule has 2 rings (SSSR count). The van der Waals surface area contributed by atoms with Gasteiger partial charge in [-0.2, -0.15) is 16.9 Å². The van der Waals surface area contributed by atoms with Crippen molar-refractivity contribution < 1.29 is 4.74 Å². The Morgan fingerprint density at radius 1 is 1.61 bits per heavy atom. The molecule has 4 nitrogen and oxygen atoms in total. The van der Waals surface area contributed by atoms with E-state index in [0.717, 1.165) is 18.8 Å². The Kier molecular flexibility index (Phi) is 4.95. The zero-order valence-corrected chi connectivity index (χ0v) is 12.3. The van der Waals surface area contributed by atoms with Crippen molar-refractivity contribution in [1.82, 2.24) is 15.1 Å². The smallest absolute Gasteiger partial charge is 0.161 e. The summed E-state index contributed by atoms with van der Waals surface area (Å²) in [4.78, 5) is 0. The van der Waals surface area contributed by atoms with Crippen molar-refractivity contribution >= 4 is 11.8 Å². The van der Waals surface area contributed by atoms with Gasteiger partial charge in [-0.15, -0.1) is 0 Å². The molecule has 2 atom stereocenters.